The van der Waals surface area contributed by atoms with Gasteiger partial charge in [0.2, 0.25) is 0 Å². The lowest BCUT2D eigenvalue weighted by Gasteiger charge is -2.30. The molecule has 2 aliphatic rings. The van der Waals surface area contributed by atoms with E-state index in [1.165, 1.54) is 153 Å². The van der Waals surface area contributed by atoms with Gasteiger partial charge in [-0.1, -0.05) is 152 Å². The molecule has 2 fully saturated rings. The predicted octanol–water partition coefficient (Wildman–Crippen LogP) is 14.4. The van der Waals surface area contributed by atoms with E-state index in [-0.39, 0.29) is 24.1 Å². The van der Waals surface area contributed by atoms with Gasteiger partial charge in [-0.2, -0.15) is 11.8 Å². The number of thioether (sulfide) groups is 1. The molecule has 7 heteroatoms. The molecule has 2 aliphatic heterocycles. The molecule has 4 atom stereocenters. The van der Waals surface area contributed by atoms with E-state index >= 15 is 0 Å². The van der Waals surface area contributed by atoms with Gasteiger partial charge in [-0.25, -0.2) is 9.59 Å². The van der Waals surface area contributed by atoms with E-state index in [1.807, 2.05) is 60.7 Å². The van der Waals surface area contributed by atoms with Gasteiger partial charge in [-0.05, 0) is 100.0 Å². The van der Waals surface area contributed by atoms with Crippen LogP contribution in [-0.4, -0.2) is 62.1 Å². The SMILES string of the molecule is O=C(OCC(CCCCCCCCCCCCSCCCCCCCCCCCCC(COC(=O)c1ccccc1)C1CCCCO1)C1CCCCO1)c1ccccc1. The minimum absolute atomic E-state index is 0.216. The van der Waals surface area contributed by atoms with Crippen LogP contribution in [0, 0.1) is 11.8 Å². The average molecular weight is 835 g/mol. The minimum atomic E-state index is -0.216. The molecule has 0 aliphatic carbocycles. The Balaban J connectivity index is 0.864. The zero-order valence-corrected chi connectivity index (χ0v) is 37.8. The van der Waals surface area contributed by atoms with Crippen molar-refractivity contribution in [3.8, 4) is 0 Å². The quantitative estimate of drug-likeness (QED) is 0.0514. The highest BCUT2D eigenvalue weighted by molar-refractivity contribution is 7.99. The van der Waals surface area contributed by atoms with E-state index in [0.717, 1.165) is 51.7 Å². The molecule has 4 rings (SSSR count). The summed E-state index contributed by atoms with van der Waals surface area (Å²) in [6.07, 6.45) is 36.5. The maximum Gasteiger partial charge on any atom is 0.338 e. The molecule has 0 spiro atoms. The van der Waals surface area contributed by atoms with Gasteiger partial charge in [-0.15, -0.1) is 0 Å². The fourth-order valence-corrected chi connectivity index (χ4v) is 9.88. The van der Waals surface area contributed by atoms with Crippen LogP contribution in [0.4, 0.5) is 0 Å². The molecule has 2 aromatic rings. The maximum absolute atomic E-state index is 12.5. The molecule has 0 N–H and O–H groups in total. The molecule has 0 bridgehead atoms. The number of hydrogen-bond acceptors (Lipinski definition) is 7. The van der Waals surface area contributed by atoms with E-state index in [9.17, 15) is 9.59 Å². The molecule has 59 heavy (non-hydrogen) atoms. The van der Waals surface area contributed by atoms with Crippen molar-refractivity contribution >= 4 is 23.7 Å². The summed E-state index contributed by atoms with van der Waals surface area (Å²) in [7, 11) is 0. The smallest absolute Gasteiger partial charge is 0.338 e. The summed E-state index contributed by atoms with van der Waals surface area (Å²) in [6.45, 7) is 2.63. The number of benzene rings is 2. The first-order valence-electron chi connectivity index (χ1n) is 24.5. The molecule has 332 valence electrons. The molecule has 0 amide bonds. The average Bonchev–Trinajstić information content (AvgIpc) is 3.29. The molecular formula is C52H82O6S. The summed E-state index contributed by atoms with van der Waals surface area (Å²) in [5.74, 6) is 2.87. The van der Waals surface area contributed by atoms with Crippen LogP contribution in [0.2, 0.25) is 0 Å². The molecule has 2 aromatic carbocycles. The van der Waals surface area contributed by atoms with E-state index in [2.05, 4.69) is 11.8 Å². The summed E-state index contributed by atoms with van der Waals surface area (Å²) < 4.78 is 23.7. The second-order valence-corrected chi connectivity index (χ2v) is 18.7. The molecule has 6 nitrogen and oxygen atoms in total. The van der Waals surface area contributed by atoms with Gasteiger partial charge in [0.25, 0.3) is 0 Å². The highest BCUT2D eigenvalue weighted by Gasteiger charge is 2.27. The number of rotatable bonds is 34. The fourth-order valence-electron chi connectivity index (χ4n) is 8.86. The number of unbranched alkanes of at least 4 members (excludes halogenated alkanes) is 18. The molecular weight excluding hydrogens is 753 g/mol. The summed E-state index contributed by atoms with van der Waals surface area (Å²) in [5.41, 5.74) is 1.26. The third kappa shape index (κ3) is 22.9. The van der Waals surface area contributed by atoms with Crippen LogP contribution in [0.25, 0.3) is 0 Å². The van der Waals surface area contributed by atoms with Crippen LogP contribution in [0.1, 0.15) is 200 Å². The van der Waals surface area contributed by atoms with Gasteiger partial charge in [0.15, 0.2) is 0 Å². The Labute approximate surface area is 364 Å². The highest BCUT2D eigenvalue weighted by Crippen LogP contribution is 2.27. The third-order valence-corrected chi connectivity index (χ3v) is 13.7. The van der Waals surface area contributed by atoms with E-state index in [4.69, 9.17) is 18.9 Å². The van der Waals surface area contributed by atoms with Crippen molar-refractivity contribution in [1.82, 2.24) is 0 Å². The normalized spacial score (nSPS) is 18.0. The van der Waals surface area contributed by atoms with Crippen molar-refractivity contribution in [3.05, 3.63) is 71.8 Å². The van der Waals surface area contributed by atoms with Gasteiger partial charge in [0.1, 0.15) is 0 Å². The first-order chi connectivity index (χ1) is 29.2. The first-order valence-corrected chi connectivity index (χ1v) is 25.6. The van der Waals surface area contributed by atoms with Crippen molar-refractivity contribution in [2.45, 2.75) is 192 Å². The van der Waals surface area contributed by atoms with Crippen LogP contribution < -0.4 is 0 Å². The summed E-state index contributed by atoms with van der Waals surface area (Å²) in [4.78, 5) is 25.0. The van der Waals surface area contributed by atoms with Gasteiger partial charge in [0, 0.05) is 25.0 Å². The maximum atomic E-state index is 12.5. The first kappa shape index (κ1) is 49.3. The lowest BCUT2D eigenvalue weighted by molar-refractivity contribution is -0.0438. The zero-order valence-electron chi connectivity index (χ0n) is 37.0. The standard InChI is InChI=1S/C52H82O6S/c53-51(45-31-21-17-22-32-45)57-43-47(49-37-25-27-39-55-49)35-19-13-9-5-1-3-7-11-15-29-41-59-42-30-16-12-8-4-2-6-10-14-20-36-48(50-38-26-28-40-56-50)44-58-52(54)46-33-23-18-24-34-46/h17-18,21-24,31-34,47-50H,1-16,19-20,25-30,35-44H2. The molecule has 2 saturated heterocycles. The van der Waals surface area contributed by atoms with Crippen LogP contribution in [0.5, 0.6) is 0 Å². The van der Waals surface area contributed by atoms with Crippen molar-refractivity contribution in [3.63, 3.8) is 0 Å². The lowest BCUT2D eigenvalue weighted by Crippen LogP contribution is -2.32. The van der Waals surface area contributed by atoms with Crippen LogP contribution in [-0.2, 0) is 18.9 Å². The van der Waals surface area contributed by atoms with Crippen molar-refractivity contribution < 1.29 is 28.5 Å². The number of carbonyl (C=O) groups is 2. The second kappa shape index (κ2) is 33.3. The zero-order chi connectivity index (χ0) is 41.3. The molecule has 0 aromatic heterocycles. The summed E-state index contributed by atoms with van der Waals surface area (Å²) in [6, 6.07) is 18.7. The van der Waals surface area contributed by atoms with E-state index < -0.39 is 0 Å². The van der Waals surface area contributed by atoms with Gasteiger partial charge in [-0.3, -0.25) is 0 Å². The van der Waals surface area contributed by atoms with Crippen molar-refractivity contribution in [2.24, 2.45) is 11.8 Å². The fraction of sp³-hybridized carbons (Fsp3) is 0.731. The van der Waals surface area contributed by atoms with Crippen LogP contribution >= 0.6 is 11.8 Å². The number of ether oxygens (including phenoxy) is 4. The van der Waals surface area contributed by atoms with E-state index in [0.29, 0.717) is 36.2 Å². The van der Waals surface area contributed by atoms with Crippen LogP contribution in [0.15, 0.2) is 60.7 Å². The Morgan fingerprint density at radius 3 is 1.15 bits per heavy atom. The second-order valence-electron chi connectivity index (χ2n) is 17.5. The predicted molar refractivity (Wildman–Crippen MR) is 247 cm³/mol. The third-order valence-electron chi connectivity index (χ3n) is 12.6. The van der Waals surface area contributed by atoms with E-state index in [1.54, 1.807) is 0 Å². The Hall–Kier alpha value is -2.35. The molecule has 0 saturated carbocycles. The topological polar surface area (TPSA) is 71.1 Å². The minimum Gasteiger partial charge on any atom is -0.462 e. The van der Waals surface area contributed by atoms with Gasteiger partial charge in [0.05, 0.1) is 36.5 Å². The number of esters is 2. The number of hydrogen-bond donors (Lipinski definition) is 0. The summed E-state index contributed by atoms with van der Waals surface area (Å²) in [5, 5.41) is 0. The monoisotopic (exact) mass is 835 g/mol. The summed E-state index contributed by atoms with van der Waals surface area (Å²) >= 11 is 2.18. The Morgan fingerprint density at radius 1 is 0.475 bits per heavy atom. The van der Waals surface area contributed by atoms with Gasteiger partial charge >= 0.3 is 11.9 Å². The van der Waals surface area contributed by atoms with Gasteiger partial charge < -0.3 is 18.9 Å². The lowest BCUT2D eigenvalue weighted by atomic mass is 9.91. The highest BCUT2D eigenvalue weighted by atomic mass is 32.2. The van der Waals surface area contributed by atoms with Crippen LogP contribution in [0.3, 0.4) is 0 Å². The molecule has 4 unspecified atom stereocenters. The Bertz CT molecular complexity index is 1200. The Morgan fingerprint density at radius 2 is 0.814 bits per heavy atom. The van der Waals surface area contributed by atoms with Crippen molar-refractivity contribution in [2.75, 3.05) is 37.9 Å². The molecule has 0 radical (unpaired) electrons. The molecule has 2 heterocycles. The number of carbonyl (C=O) groups excluding carboxylic acids is 2. The largest absolute Gasteiger partial charge is 0.462 e. The Kier molecular flexibility index (Phi) is 27.8. The van der Waals surface area contributed by atoms with Crippen molar-refractivity contribution in [1.29, 1.82) is 0 Å².